The molecule has 0 aliphatic carbocycles. The van der Waals surface area contributed by atoms with E-state index in [4.69, 9.17) is 14.2 Å². The molecule has 2 fully saturated rings. The van der Waals surface area contributed by atoms with Gasteiger partial charge in [0, 0.05) is 30.3 Å². The number of rotatable bonds is 2. The fraction of sp³-hybridized carbons (Fsp3) is 0.571. The molecule has 1 aromatic carbocycles. The molecule has 3 nitrogen and oxygen atoms in total. The number of hydrogen-bond acceptors (Lipinski definition) is 3. The molecule has 6 heteroatoms. The predicted molar refractivity (Wildman–Crippen MR) is 71.8 cm³/mol. The third-order valence-electron chi connectivity index (χ3n) is 3.77. The predicted octanol–water partition coefficient (Wildman–Crippen LogP) is 3.44. The molecule has 110 valence electrons. The quantitative estimate of drug-likeness (QED) is 0.766. The SMILES string of the molecule is Fc1cc(Br)cc(OC2CCOC3(CCOC3)C2)c1F. The van der Waals surface area contributed by atoms with Crippen molar-refractivity contribution in [2.24, 2.45) is 0 Å². The Hall–Kier alpha value is -0.720. The first-order chi connectivity index (χ1) is 9.58. The first-order valence-corrected chi connectivity index (χ1v) is 7.40. The average Bonchev–Trinajstić information content (AvgIpc) is 2.83. The second-order valence-electron chi connectivity index (χ2n) is 5.27. The summed E-state index contributed by atoms with van der Waals surface area (Å²) >= 11 is 3.14. The summed E-state index contributed by atoms with van der Waals surface area (Å²) in [6.45, 7) is 1.76. The van der Waals surface area contributed by atoms with Gasteiger partial charge in [-0.1, -0.05) is 15.9 Å². The van der Waals surface area contributed by atoms with E-state index in [9.17, 15) is 8.78 Å². The lowest BCUT2D eigenvalue weighted by atomic mass is 9.91. The molecule has 2 saturated heterocycles. The Kier molecular flexibility index (Phi) is 3.97. The van der Waals surface area contributed by atoms with E-state index in [0.717, 1.165) is 12.5 Å². The van der Waals surface area contributed by atoms with Gasteiger partial charge in [0.25, 0.3) is 0 Å². The summed E-state index contributed by atoms with van der Waals surface area (Å²) in [7, 11) is 0. The molecule has 20 heavy (non-hydrogen) atoms. The first kappa shape index (κ1) is 14.2. The molecule has 2 atom stereocenters. The van der Waals surface area contributed by atoms with Gasteiger partial charge in [-0.25, -0.2) is 4.39 Å². The molecule has 2 heterocycles. The highest BCUT2D eigenvalue weighted by Crippen LogP contribution is 2.35. The lowest BCUT2D eigenvalue weighted by Gasteiger charge is -2.37. The van der Waals surface area contributed by atoms with Crippen molar-refractivity contribution < 1.29 is 23.0 Å². The molecule has 1 spiro atoms. The maximum Gasteiger partial charge on any atom is 0.200 e. The Labute approximate surface area is 124 Å². The van der Waals surface area contributed by atoms with Crippen LogP contribution in [0.3, 0.4) is 0 Å². The molecule has 2 aliphatic heterocycles. The molecule has 0 saturated carbocycles. The van der Waals surface area contributed by atoms with E-state index in [1.807, 2.05) is 0 Å². The molecule has 0 radical (unpaired) electrons. The molecule has 0 bridgehead atoms. The summed E-state index contributed by atoms with van der Waals surface area (Å²) in [6, 6.07) is 2.53. The van der Waals surface area contributed by atoms with Gasteiger partial charge in [-0.15, -0.1) is 0 Å². The zero-order valence-corrected chi connectivity index (χ0v) is 12.4. The molecule has 0 amide bonds. The monoisotopic (exact) mass is 348 g/mol. The minimum absolute atomic E-state index is 0.0576. The lowest BCUT2D eigenvalue weighted by Crippen LogP contribution is -2.44. The van der Waals surface area contributed by atoms with Crippen molar-refractivity contribution in [1.82, 2.24) is 0 Å². The number of halogens is 3. The average molecular weight is 349 g/mol. The first-order valence-electron chi connectivity index (χ1n) is 6.61. The molecule has 0 N–H and O–H groups in total. The van der Waals surface area contributed by atoms with E-state index in [1.54, 1.807) is 0 Å². The second kappa shape index (κ2) is 5.58. The summed E-state index contributed by atoms with van der Waals surface area (Å²) in [5.41, 5.74) is -0.316. The Balaban J connectivity index is 1.74. The van der Waals surface area contributed by atoms with Gasteiger partial charge in [-0.2, -0.15) is 4.39 Å². The standard InChI is InChI=1S/C14H15BrF2O3/c15-9-5-11(16)13(17)12(6-9)20-10-1-3-19-14(7-10)2-4-18-8-14/h5-6,10H,1-4,7-8H2. The van der Waals surface area contributed by atoms with Crippen LogP contribution in [0.1, 0.15) is 19.3 Å². The summed E-state index contributed by atoms with van der Waals surface area (Å²) in [5.74, 6) is -1.92. The third kappa shape index (κ3) is 2.82. The zero-order chi connectivity index (χ0) is 14.2. The van der Waals surface area contributed by atoms with Crippen molar-refractivity contribution in [2.75, 3.05) is 19.8 Å². The smallest absolute Gasteiger partial charge is 0.200 e. The van der Waals surface area contributed by atoms with Gasteiger partial charge in [0.1, 0.15) is 6.10 Å². The van der Waals surface area contributed by atoms with Crippen LogP contribution >= 0.6 is 15.9 Å². The van der Waals surface area contributed by atoms with Crippen LogP contribution in [-0.4, -0.2) is 31.5 Å². The van der Waals surface area contributed by atoms with E-state index in [1.165, 1.54) is 6.07 Å². The van der Waals surface area contributed by atoms with Crippen LogP contribution in [-0.2, 0) is 9.47 Å². The Bertz CT molecular complexity index is 503. The highest BCUT2D eigenvalue weighted by Gasteiger charge is 2.42. The molecule has 3 rings (SSSR count). The van der Waals surface area contributed by atoms with E-state index in [0.29, 0.717) is 37.1 Å². The van der Waals surface area contributed by atoms with Crippen LogP contribution in [0.25, 0.3) is 0 Å². The molecule has 1 aromatic rings. The van der Waals surface area contributed by atoms with E-state index in [-0.39, 0.29) is 17.5 Å². The maximum absolute atomic E-state index is 13.7. The topological polar surface area (TPSA) is 27.7 Å². The zero-order valence-electron chi connectivity index (χ0n) is 10.8. The van der Waals surface area contributed by atoms with E-state index < -0.39 is 11.6 Å². The van der Waals surface area contributed by atoms with Crippen LogP contribution in [0.15, 0.2) is 16.6 Å². The van der Waals surface area contributed by atoms with Gasteiger partial charge in [0.15, 0.2) is 11.6 Å². The lowest BCUT2D eigenvalue weighted by molar-refractivity contribution is -0.112. The van der Waals surface area contributed by atoms with E-state index in [2.05, 4.69) is 15.9 Å². The summed E-state index contributed by atoms with van der Waals surface area (Å²) < 4.78 is 44.4. The van der Waals surface area contributed by atoms with Crippen LogP contribution in [0.5, 0.6) is 5.75 Å². The van der Waals surface area contributed by atoms with Crippen molar-refractivity contribution in [1.29, 1.82) is 0 Å². The van der Waals surface area contributed by atoms with Crippen molar-refractivity contribution in [2.45, 2.75) is 31.0 Å². The summed E-state index contributed by atoms with van der Waals surface area (Å²) in [4.78, 5) is 0. The highest BCUT2D eigenvalue weighted by molar-refractivity contribution is 9.10. The van der Waals surface area contributed by atoms with Gasteiger partial charge in [0.2, 0.25) is 5.82 Å². The normalized spacial score (nSPS) is 29.9. The minimum Gasteiger partial charge on any atom is -0.487 e. The number of ether oxygens (including phenoxy) is 3. The Morgan fingerprint density at radius 3 is 2.90 bits per heavy atom. The highest BCUT2D eigenvalue weighted by atomic mass is 79.9. The number of benzene rings is 1. The van der Waals surface area contributed by atoms with Crippen LogP contribution in [0.4, 0.5) is 8.78 Å². The van der Waals surface area contributed by atoms with Gasteiger partial charge in [-0.05, 0) is 12.1 Å². The van der Waals surface area contributed by atoms with Gasteiger partial charge >= 0.3 is 0 Å². The minimum atomic E-state index is -0.948. The third-order valence-corrected chi connectivity index (χ3v) is 4.23. The van der Waals surface area contributed by atoms with Crippen LogP contribution in [0, 0.1) is 11.6 Å². The van der Waals surface area contributed by atoms with Gasteiger partial charge < -0.3 is 14.2 Å². The molecule has 0 aromatic heterocycles. The Morgan fingerprint density at radius 1 is 1.30 bits per heavy atom. The van der Waals surface area contributed by atoms with Gasteiger partial charge in [-0.3, -0.25) is 0 Å². The largest absolute Gasteiger partial charge is 0.487 e. The van der Waals surface area contributed by atoms with E-state index >= 15 is 0 Å². The molecule has 2 unspecified atom stereocenters. The fourth-order valence-corrected chi connectivity index (χ4v) is 3.15. The van der Waals surface area contributed by atoms with Crippen molar-refractivity contribution in [3.63, 3.8) is 0 Å². The molecular weight excluding hydrogens is 334 g/mol. The Morgan fingerprint density at radius 2 is 2.15 bits per heavy atom. The van der Waals surface area contributed by atoms with Crippen LogP contribution in [0.2, 0.25) is 0 Å². The van der Waals surface area contributed by atoms with Crippen molar-refractivity contribution in [3.05, 3.63) is 28.2 Å². The van der Waals surface area contributed by atoms with Gasteiger partial charge in [0.05, 0.1) is 18.8 Å². The van der Waals surface area contributed by atoms with Crippen molar-refractivity contribution >= 4 is 15.9 Å². The van der Waals surface area contributed by atoms with Crippen LogP contribution < -0.4 is 4.74 Å². The molecular formula is C14H15BrF2O3. The molecule has 2 aliphatic rings. The second-order valence-corrected chi connectivity index (χ2v) is 6.18. The summed E-state index contributed by atoms with van der Waals surface area (Å²) in [6.07, 6.45) is 1.94. The fourth-order valence-electron chi connectivity index (χ4n) is 2.74. The maximum atomic E-state index is 13.7. The number of hydrogen-bond donors (Lipinski definition) is 0. The summed E-state index contributed by atoms with van der Waals surface area (Å²) in [5, 5.41) is 0. The van der Waals surface area contributed by atoms with Crippen molar-refractivity contribution in [3.8, 4) is 5.75 Å².